The van der Waals surface area contributed by atoms with Crippen molar-refractivity contribution in [2.24, 2.45) is 11.7 Å². The highest BCUT2D eigenvalue weighted by Crippen LogP contribution is 2.24. The van der Waals surface area contributed by atoms with Crippen LogP contribution in [0.15, 0.2) is 77.1 Å². The largest absolute Gasteiger partial charge is 0.397 e. The highest BCUT2D eigenvalue weighted by molar-refractivity contribution is 9.11. The summed E-state index contributed by atoms with van der Waals surface area (Å²) in [7, 11) is 0. The van der Waals surface area contributed by atoms with E-state index in [1.165, 1.54) is 11.3 Å². The number of benzene rings is 1. The quantitative estimate of drug-likeness (QED) is 0.640. The first kappa shape index (κ1) is 20.5. The molecule has 4 heteroatoms. The molecule has 0 spiro atoms. The average Bonchev–Trinajstić information content (AvgIpc) is 2.69. The Morgan fingerprint density at radius 1 is 1.14 bits per heavy atom. The Hall–Kier alpha value is -2.20. The number of nitrogens with zero attached hydrogens (tertiary/aromatic N) is 2. The van der Waals surface area contributed by atoms with Crippen molar-refractivity contribution < 1.29 is 0 Å². The number of hydrogen-bond donors (Lipinski definition) is 1. The van der Waals surface area contributed by atoms with Crippen LogP contribution in [0.1, 0.15) is 24.5 Å². The number of rotatable bonds is 5. The standard InChI is InChI=1S/C24H30BrN3/c1-18-4-9-21(10-5-18)24(26)23(13-8-20(3)25)28-16-14-27(15-17-28)22-11-6-19(2)7-12-22/h4-6,8-13,19H,3,7,14-17,26H2,1-2H3/b13-8-,24-23+. The molecule has 148 valence electrons. The van der Waals surface area contributed by atoms with Gasteiger partial charge in [0.2, 0.25) is 0 Å². The first-order chi connectivity index (χ1) is 13.4. The van der Waals surface area contributed by atoms with E-state index in [9.17, 15) is 0 Å². The topological polar surface area (TPSA) is 32.5 Å². The van der Waals surface area contributed by atoms with Crippen LogP contribution in [0.5, 0.6) is 0 Å². The second kappa shape index (κ2) is 9.33. The third-order valence-corrected chi connectivity index (χ3v) is 5.60. The molecule has 1 aliphatic heterocycles. The fraction of sp³-hybridized carbons (Fsp3) is 0.333. The first-order valence-corrected chi connectivity index (χ1v) is 10.7. The van der Waals surface area contributed by atoms with Crippen molar-refractivity contribution in [1.82, 2.24) is 9.80 Å². The number of hydrogen-bond acceptors (Lipinski definition) is 3. The van der Waals surface area contributed by atoms with E-state index >= 15 is 0 Å². The highest BCUT2D eigenvalue weighted by atomic mass is 79.9. The van der Waals surface area contributed by atoms with E-state index in [2.05, 4.69) is 94.7 Å². The molecule has 2 aliphatic rings. The lowest BCUT2D eigenvalue weighted by Crippen LogP contribution is -2.45. The van der Waals surface area contributed by atoms with Gasteiger partial charge in [0.1, 0.15) is 0 Å². The van der Waals surface area contributed by atoms with Crippen LogP contribution in [-0.2, 0) is 0 Å². The molecule has 0 aromatic heterocycles. The summed E-state index contributed by atoms with van der Waals surface area (Å²) in [5.41, 5.74) is 12.1. The van der Waals surface area contributed by atoms with Gasteiger partial charge in [-0.1, -0.05) is 71.4 Å². The summed E-state index contributed by atoms with van der Waals surface area (Å²) < 4.78 is 0.840. The van der Waals surface area contributed by atoms with Crippen LogP contribution in [0.2, 0.25) is 0 Å². The van der Waals surface area contributed by atoms with Gasteiger partial charge in [-0.3, -0.25) is 0 Å². The molecule has 3 nitrogen and oxygen atoms in total. The Morgan fingerprint density at radius 3 is 2.39 bits per heavy atom. The van der Waals surface area contributed by atoms with E-state index < -0.39 is 0 Å². The molecule has 3 rings (SSSR count). The Labute approximate surface area is 177 Å². The van der Waals surface area contributed by atoms with E-state index in [4.69, 9.17) is 5.73 Å². The van der Waals surface area contributed by atoms with Gasteiger partial charge in [-0.2, -0.15) is 0 Å². The van der Waals surface area contributed by atoms with Crippen LogP contribution in [0.3, 0.4) is 0 Å². The zero-order valence-electron chi connectivity index (χ0n) is 16.9. The first-order valence-electron chi connectivity index (χ1n) is 9.91. The van der Waals surface area contributed by atoms with Crippen LogP contribution in [-0.4, -0.2) is 36.0 Å². The van der Waals surface area contributed by atoms with Crippen molar-refractivity contribution in [2.75, 3.05) is 26.2 Å². The molecule has 1 heterocycles. The number of allylic oxidation sites excluding steroid dienone is 6. The molecule has 1 saturated heterocycles. The molecule has 1 aromatic rings. The van der Waals surface area contributed by atoms with Crippen molar-refractivity contribution >= 4 is 21.6 Å². The molecular weight excluding hydrogens is 410 g/mol. The average molecular weight is 440 g/mol. The van der Waals surface area contributed by atoms with Crippen molar-refractivity contribution in [3.8, 4) is 0 Å². The zero-order valence-corrected chi connectivity index (χ0v) is 18.5. The van der Waals surface area contributed by atoms with E-state index in [0.717, 1.165) is 54.0 Å². The number of halogens is 1. The van der Waals surface area contributed by atoms with E-state index in [1.54, 1.807) is 0 Å². The summed E-state index contributed by atoms with van der Waals surface area (Å²) >= 11 is 3.42. The van der Waals surface area contributed by atoms with Gasteiger partial charge in [-0.25, -0.2) is 0 Å². The molecule has 1 aromatic carbocycles. The summed E-state index contributed by atoms with van der Waals surface area (Å²) in [6.07, 6.45) is 12.1. The minimum Gasteiger partial charge on any atom is -0.397 e. The molecule has 2 N–H and O–H groups in total. The van der Waals surface area contributed by atoms with Crippen molar-refractivity contribution in [3.63, 3.8) is 0 Å². The van der Waals surface area contributed by atoms with Gasteiger partial charge >= 0.3 is 0 Å². The lowest BCUT2D eigenvalue weighted by atomic mass is 10.0. The third-order valence-electron chi connectivity index (χ3n) is 5.34. The highest BCUT2D eigenvalue weighted by Gasteiger charge is 2.21. The van der Waals surface area contributed by atoms with Crippen LogP contribution >= 0.6 is 15.9 Å². The molecule has 0 bridgehead atoms. The minimum atomic E-state index is 0.649. The Kier molecular flexibility index (Phi) is 6.84. The van der Waals surface area contributed by atoms with E-state index in [-0.39, 0.29) is 0 Å². The lowest BCUT2D eigenvalue weighted by Gasteiger charge is -2.39. The molecule has 0 radical (unpaired) electrons. The number of piperazine rings is 1. The van der Waals surface area contributed by atoms with Crippen molar-refractivity contribution in [3.05, 3.63) is 88.2 Å². The van der Waals surface area contributed by atoms with Gasteiger partial charge in [-0.15, -0.1) is 0 Å². The van der Waals surface area contributed by atoms with Gasteiger partial charge < -0.3 is 15.5 Å². The summed E-state index contributed by atoms with van der Waals surface area (Å²) in [6.45, 7) is 12.2. The lowest BCUT2D eigenvalue weighted by molar-refractivity contribution is 0.199. The van der Waals surface area contributed by atoms with Crippen LogP contribution in [0.25, 0.3) is 5.70 Å². The van der Waals surface area contributed by atoms with Crippen LogP contribution in [0.4, 0.5) is 0 Å². The fourth-order valence-corrected chi connectivity index (χ4v) is 3.70. The molecule has 1 unspecified atom stereocenters. The SMILES string of the molecule is C=C(Br)/C=C\C(=C(/N)c1ccc(C)cc1)N1CCN(C2=CCC(C)C=C2)CC1. The molecule has 1 fully saturated rings. The smallest absolute Gasteiger partial charge is 0.0625 e. The van der Waals surface area contributed by atoms with Gasteiger partial charge in [0.15, 0.2) is 0 Å². The monoisotopic (exact) mass is 439 g/mol. The summed E-state index contributed by atoms with van der Waals surface area (Å²) in [5, 5.41) is 0. The van der Waals surface area contributed by atoms with Crippen LogP contribution < -0.4 is 5.73 Å². The van der Waals surface area contributed by atoms with Crippen molar-refractivity contribution in [2.45, 2.75) is 20.3 Å². The van der Waals surface area contributed by atoms with E-state index in [1.807, 2.05) is 6.08 Å². The predicted octanol–water partition coefficient (Wildman–Crippen LogP) is 5.18. The molecule has 0 saturated carbocycles. The van der Waals surface area contributed by atoms with E-state index in [0.29, 0.717) is 5.92 Å². The Bertz CT molecular complexity index is 822. The van der Waals surface area contributed by atoms with Gasteiger partial charge in [0, 0.05) is 36.4 Å². The molecular formula is C24H30BrN3. The zero-order chi connectivity index (χ0) is 20.1. The van der Waals surface area contributed by atoms with Gasteiger partial charge in [-0.05, 0) is 43.1 Å². The minimum absolute atomic E-state index is 0.649. The summed E-state index contributed by atoms with van der Waals surface area (Å²) in [4.78, 5) is 4.86. The maximum atomic E-state index is 6.60. The third kappa shape index (κ3) is 5.20. The molecule has 1 aliphatic carbocycles. The normalized spacial score (nSPS) is 21.0. The Morgan fingerprint density at radius 2 is 1.82 bits per heavy atom. The maximum absolute atomic E-state index is 6.60. The fourth-order valence-electron chi connectivity index (χ4n) is 3.57. The second-order valence-electron chi connectivity index (χ2n) is 7.62. The number of nitrogens with two attached hydrogens (primary N) is 1. The van der Waals surface area contributed by atoms with Crippen LogP contribution in [0, 0.1) is 12.8 Å². The summed E-state index contributed by atoms with van der Waals surface area (Å²) in [5.74, 6) is 0.649. The van der Waals surface area contributed by atoms with Crippen molar-refractivity contribution in [1.29, 1.82) is 0 Å². The predicted molar refractivity (Wildman–Crippen MR) is 124 cm³/mol. The van der Waals surface area contributed by atoms with Gasteiger partial charge in [0.25, 0.3) is 0 Å². The second-order valence-corrected chi connectivity index (χ2v) is 8.64. The maximum Gasteiger partial charge on any atom is 0.0625 e. The molecule has 1 atom stereocenters. The number of aryl methyl sites for hydroxylation is 1. The van der Waals surface area contributed by atoms with Gasteiger partial charge in [0.05, 0.1) is 11.4 Å². The summed E-state index contributed by atoms with van der Waals surface area (Å²) in [6, 6.07) is 8.40. The molecule has 28 heavy (non-hydrogen) atoms. The molecule has 0 amide bonds. The Balaban J connectivity index is 1.78.